The lowest BCUT2D eigenvalue weighted by Gasteiger charge is -2.15. The molecule has 184 valence electrons. The smallest absolute Gasteiger partial charge is 0.338 e. The van der Waals surface area contributed by atoms with Crippen molar-refractivity contribution in [2.45, 2.75) is 20.3 Å². The molecule has 0 saturated carbocycles. The van der Waals surface area contributed by atoms with Gasteiger partial charge >= 0.3 is 5.97 Å². The number of amides is 1. The molecule has 8 heteroatoms. The Morgan fingerprint density at radius 2 is 1.81 bits per heavy atom. The third kappa shape index (κ3) is 7.09. The average Bonchev–Trinajstić information content (AvgIpc) is 2.86. The molecule has 0 aromatic heterocycles. The minimum Gasteiger partial charge on any atom is -0.494 e. The number of rotatable bonds is 9. The van der Waals surface area contributed by atoms with Crippen LogP contribution in [0, 0.1) is 14.9 Å². The second-order valence-electron chi connectivity index (χ2n) is 7.60. The number of benzene rings is 3. The van der Waals surface area contributed by atoms with E-state index < -0.39 is 11.9 Å². The molecule has 0 aliphatic heterocycles. The van der Waals surface area contributed by atoms with Gasteiger partial charge in [-0.15, -0.1) is 0 Å². The monoisotopic (exact) mass is 614 g/mol. The lowest BCUT2D eigenvalue weighted by molar-refractivity contribution is -0.112. The largest absolute Gasteiger partial charge is 0.494 e. The molecule has 0 saturated heterocycles. The highest BCUT2D eigenvalue weighted by molar-refractivity contribution is 14.1. The first-order valence-electron chi connectivity index (χ1n) is 11.2. The van der Waals surface area contributed by atoms with Gasteiger partial charge in [0.1, 0.15) is 17.4 Å². The molecule has 3 rings (SSSR count). The Hall–Kier alpha value is -3.35. The van der Waals surface area contributed by atoms with Crippen LogP contribution in [0.4, 0.5) is 5.69 Å². The van der Waals surface area contributed by atoms with Crippen LogP contribution < -0.4 is 10.1 Å². The number of hydrogen-bond acceptors (Lipinski definition) is 5. The number of halogens is 2. The van der Waals surface area contributed by atoms with E-state index in [2.05, 4.69) is 27.9 Å². The van der Waals surface area contributed by atoms with Crippen LogP contribution in [0.1, 0.15) is 40.9 Å². The van der Waals surface area contributed by atoms with E-state index in [9.17, 15) is 14.9 Å². The molecule has 3 aromatic carbocycles. The summed E-state index contributed by atoms with van der Waals surface area (Å²) in [6.45, 7) is 4.37. The zero-order chi connectivity index (χ0) is 26.1. The predicted molar refractivity (Wildman–Crippen MR) is 149 cm³/mol. The summed E-state index contributed by atoms with van der Waals surface area (Å²) in [7, 11) is 0. The summed E-state index contributed by atoms with van der Waals surface area (Å²) in [5, 5.41) is 13.0. The maximum absolute atomic E-state index is 12.8. The molecule has 0 fully saturated rings. The zero-order valence-electron chi connectivity index (χ0n) is 19.8. The van der Waals surface area contributed by atoms with Crippen LogP contribution in [0.15, 0.2) is 66.2 Å². The Balaban J connectivity index is 1.84. The summed E-state index contributed by atoms with van der Waals surface area (Å²) in [4.78, 5) is 24.6. The van der Waals surface area contributed by atoms with E-state index in [4.69, 9.17) is 21.1 Å². The molecule has 3 aromatic rings. The number of nitrogens with one attached hydrogen (secondary N) is 1. The van der Waals surface area contributed by atoms with Crippen LogP contribution in [-0.2, 0) is 16.0 Å². The molecule has 0 atom stereocenters. The fourth-order valence-corrected chi connectivity index (χ4v) is 4.44. The van der Waals surface area contributed by atoms with Gasteiger partial charge in [0.25, 0.3) is 5.91 Å². The number of esters is 1. The molecule has 0 bridgehead atoms. The number of ether oxygens (including phenoxy) is 2. The fraction of sp³-hybridized carbons (Fsp3) is 0.179. The predicted octanol–water partition coefficient (Wildman–Crippen LogP) is 6.66. The fourth-order valence-electron chi connectivity index (χ4n) is 3.42. The zero-order valence-corrected chi connectivity index (χ0v) is 22.7. The molecule has 1 N–H and O–H groups in total. The molecule has 0 spiro atoms. The maximum atomic E-state index is 12.8. The van der Waals surface area contributed by atoms with Crippen molar-refractivity contribution in [3.63, 3.8) is 0 Å². The van der Waals surface area contributed by atoms with Crippen molar-refractivity contribution >= 4 is 57.8 Å². The summed E-state index contributed by atoms with van der Waals surface area (Å²) >= 11 is 8.58. The van der Waals surface area contributed by atoms with E-state index in [0.29, 0.717) is 40.6 Å². The lowest BCUT2D eigenvalue weighted by atomic mass is 10.0. The van der Waals surface area contributed by atoms with Crippen LogP contribution >= 0.6 is 34.2 Å². The van der Waals surface area contributed by atoms with Gasteiger partial charge in [-0.3, -0.25) is 4.79 Å². The lowest BCUT2D eigenvalue weighted by Crippen LogP contribution is -2.13. The second kappa shape index (κ2) is 13.1. The molecular formula is C28H24ClIN2O4. The second-order valence-corrected chi connectivity index (χ2v) is 9.17. The van der Waals surface area contributed by atoms with Crippen molar-refractivity contribution in [2.75, 3.05) is 18.5 Å². The Bertz CT molecular complexity index is 1330. The number of carbonyl (C=O) groups excluding carboxylic acids is 2. The third-order valence-corrected chi connectivity index (χ3v) is 6.46. The van der Waals surface area contributed by atoms with Gasteiger partial charge in [-0.25, -0.2) is 4.79 Å². The SMILES string of the molecule is CCOC(=O)c1ccc(NC(=O)/C(C#N)=C/c2cc(I)c(Cc3ccccc3Cl)c(OCC)c2)cc1. The minimum atomic E-state index is -0.561. The normalized spacial score (nSPS) is 10.9. The number of anilines is 1. The standard InChI is InChI=1S/C28H24ClIN2O4/c1-3-35-26-15-18(14-25(30)23(26)16-20-7-5-6-8-24(20)29)13-21(17-31)27(33)32-22-11-9-19(10-12-22)28(34)36-4-2/h5-15H,3-4,16H2,1-2H3,(H,32,33)/b21-13+. The summed E-state index contributed by atoms with van der Waals surface area (Å²) in [5.41, 5.74) is 3.38. The van der Waals surface area contributed by atoms with Gasteiger partial charge in [0, 0.05) is 26.3 Å². The Kier molecular flexibility index (Phi) is 9.91. The molecule has 6 nitrogen and oxygen atoms in total. The number of carbonyl (C=O) groups is 2. The third-order valence-electron chi connectivity index (χ3n) is 5.13. The van der Waals surface area contributed by atoms with Gasteiger partial charge in [-0.05, 0) is 96.1 Å². The van der Waals surface area contributed by atoms with Crippen LogP contribution in [0.3, 0.4) is 0 Å². The van der Waals surface area contributed by atoms with Gasteiger partial charge in [0.2, 0.25) is 0 Å². The van der Waals surface area contributed by atoms with Crippen molar-refractivity contribution in [3.8, 4) is 11.8 Å². The summed E-state index contributed by atoms with van der Waals surface area (Å²) < 4.78 is 11.8. The van der Waals surface area contributed by atoms with Crippen molar-refractivity contribution in [1.29, 1.82) is 5.26 Å². The Morgan fingerprint density at radius 1 is 1.08 bits per heavy atom. The quantitative estimate of drug-likeness (QED) is 0.126. The highest BCUT2D eigenvalue weighted by Gasteiger charge is 2.15. The molecule has 1 amide bonds. The van der Waals surface area contributed by atoms with Crippen molar-refractivity contribution in [1.82, 2.24) is 0 Å². The topological polar surface area (TPSA) is 88.4 Å². The number of hydrogen-bond donors (Lipinski definition) is 1. The molecule has 0 radical (unpaired) electrons. The molecule has 36 heavy (non-hydrogen) atoms. The first-order valence-corrected chi connectivity index (χ1v) is 12.7. The van der Waals surface area contributed by atoms with Crippen LogP contribution in [0.25, 0.3) is 6.08 Å². The molecule has 0 heterocycles. The summed E-state index contributed by atoms with van der Waals surface area (Å²) in [6.07, 6.45) is 2.11. The van der Waals surface area contributed by atoms with Crippen LogP contribution in [0.5, 0.6) is 5.75 Å². The van der Waals surface area contributed by atoms with E-state index in [1.807, 2.05) is 49.4 Å². The maximum Gasteiger partial charge on any atom is 0.338 e. The van der Waals surface area contributed by atoms with Gasteiger partial charge in [-0.1, -0.05) is 29.8 Å². The van der Waals surface area contributed by atoms with Crippen molar-refractivity contribution < 1.29 is 19.1 Å². The van der Waals surface area contributed by atoms with Crippen molar-refractivity contribution in [3.05, 3.63) is 97.1 Å². The average molecular weight is 615 g/mol. The molecular weight excluding hydrogens is 591 g/mol. The summed E-state index contributed by atoms with van der Waals surface area (Å²) in [6, 6.07) is 19.6. The number of nitrogens with zero attached hydrogens (tertiary/aromatic N) is 1. The molecule has 0 aliphatic rings. The van der Waals surface area contributed by atoms with Crippen LogP contribution in [-0.4, -0.2) is 25.1 Å². The van der Waals surface area contributed by atoms with Crippen LogP contribution in [0.2, 0.25) is 5.02 Å². The first-order chi connectivity index (χ1) is 17.4. The van der Waals surface area contributed by atoms with Gasteiger partial charge in [0.05, 0.1) is 18.8 Å². The highest BCUT2D eigenvalue weighted by atomic mass is 127. The van der Waals surface area contributed by atoms with Gasteiger partial charge in [-0.2, -0.15) is 5.26 Å². The number of nitriles is 1. The molecule has 0 aliphatic carbocycles. The molecule has 0 unspecified atom stereocenters. The van der Waals surface area contributed by atoms with E-state index in [1.54, 1.807) is 31.2 Å². The summed E-state index contributed by atoms with van der Waals surface area (Å²) in [5.74, 6) is -0.331. The van der Waals surface area contributed by atoms with Gasteiger partial charge in [0.15, 0.2) is 0 Å². The Morgan fingerprint density at radius 3 is 2.44 bits per heavy atom. The Labute approximate surface area is 229 Å². The van der Waals surface area contributed by atoms with E-state index in [-0.39, 0.29) is 12.2 Å². The minimum absolute atomic E-state index is 0.0680. The van der Waals surface area contributed by atoms with E-state index in [0.717, 1.165) is 14.7 Å². The van der Waals surface area contributed by atoms with E-state index >= 15 is 0 Å². The highest BCUT2D eigenvalue weighted by Crippen LogP contribution is 2.31. The van der Waals surface area contributed by atoms with E-state index in [1.165, 1.54) is 6.08 Å². The first kappa shape index (κ1) is 27.2. The van der Waals surface area contributed by atoms with Gasteiger partial charge < -0.3 is 14.8 Å². The van der Waals surface area contributed by atoms with Crippen molar-refractivity contribution in [2.24, 2.45) is 0 Å².